The molecule has 3 heterocycles. The second-order valence-corrected chi connectivity index (χ2v) is 11.4. The second-order valence-electron chi connectivity index (χ2n) is 10.0. The third-order valence-electron chi connectivity index (χ3n) is 7.06. The molecule has 244 valence electrons. The number of hydrogen-bond acceptors (Lipinski definition) is 11. The van der Waals surface area contributed by atoms with Gasteiger partial charge in [-0.3, -0.25) is 9.36 Å². The van der Waals surface area contributed by atoms with Gasteiger partial charge >= 0.3 is 17.9 Å². The minimum Gasteiger partial charge on any atom is -0.490 e. The summed E-state index contributed by atoms with van der Waals surface area (Å²) >= 11 is 7.25. The van der Waals surface area contributed by atoms with Crippen molar-refractivity contribution in [2.75, 3.05) is 26.9 Å². The minimum absolute atomic E-state index is 0.0351. The molecule has 2 aromatic heterocycles. The molecule has 0 amide bonds. The first-order chi connectivity index (χ1) is 22.6. The maximum Gasteiger partial charge on any atom is 0.343 e. The SMILES string of the molecule is CCOC(=O)C1=C(C)N=c2s/c(=C\c3ccc(-c4ccc(C(=O)O)c(Cl)c4)o3)c(=O)n2[C@@H]1c1ccc(OCC(=O)OC)c(OCC)c1. The maximum absolute atomic E-state index is 14.0. The Morgan fingerprint density at radius 1 is 1.06 bits per heavy atom. The van der Waals surface area contributed by atoms with E-state index in [-0.39, 0.29) is 46.3 Å². The molecule has 1 aliphatic rings. The number of methoxy groups -OCH3 is 1. The lowest BCUT2D eigenvalue weighted by molar-refractivity contribution is -0.143. The van der Waals surface area contributed by atoms with Crippen molar-refractivity contribution in [3.8, 4) is 22.8 Å². The molecule has 2 aromatic carbocycles. The number of thiazole rings is 1. The third kappa shape index (κ3) is 6.86. The van der Waals surface area contributed by atoms with Gasteiger partial charge in [-0.05, 0) is 62.7 Å². The van der Waals surface area contributed by atoms with Crippen LogP contribution < -0.4 is 24.4 Å². The zero-order valence-electron chi connectivity index (χ0n) is 25.7. The predicted octanol–water partition coefficient (Wildman–Crippen LogP) is 4.36. The van der Waals surface area contributed by atoms with Gasteiger partial charge in [0.15, 0.2) is 22.9 Å². The van der Waals surface area contributed by atoms with Crippen molar-refractivity contribution in [1.29, 1.82) is 0 Å². The van der Waals surface area contributed by atoms with E-state index in [0.29, 0.717) is 38.9 Å². The highest BCUT2D eigenvalue weighted by molar-refractivity contribution is 7.07. The standard InChI is InChI=1S/C33H29ClN2O10S/c1-5-43-25-14-19(8-11-24(25)45-16-27(37)42-4)29-28(32(41)44-6-2)17(3)35-33-36(29)30(38)26(47-33)15-20-9-12-23(46-20)18-7-10-21(31(39)40)22(34)13-18/h7-15,29H,5-6,16H2,1-4H3,(H,39,40)/b26-15-/t29-/m1/s1. The fraction of sp³-hybridized carbons (Fsp3) is 0.242. The number of halogens is 1. The van der Waals surface area contributed by atoms with Crippen LogP contribution in [0, 0.1) is 0 Å². The number of carbonyl (C=O) groups excluding carboxylic acids is 2. The van der Waals surface area contributed by atoms with E-state index in [4.69, 9.17) is 30.2 Å². The Kier molecular flexibility index (Phi) is 9.97. The molecule has 1 aliphatic heterocycles. The summed E-state index contributed by atoms with van der Waals surface area (Å²) in [6.07, 6.45) is 1.57. The topological polar surface area (TPSA) is 156 Å². The van der Waals surface area contributed by atoms with E-state index >= 15 is 0 Å². The lowest BCUT2D eigenvalue weighted by Crippen LogP contribution is -2.40. The summed E-state index contributed by atoms with van der Waals surface area (Å²) in [6, 6.07) is 11.8. The van der Waals surface area contributed by atoms with E-state index in [2.05, 4.69) is 9.73 Å². The molecule has 14 heteroatoms. The molecule has 1 N–H and O–H groups in total. The molecular formula is C33H29ClN2O10S. The molecule has 5 rings (SSSR count). The van der Waals surface area contributed by atoms with Crippen LogP contribution in [0.3, 0.4) is 0 Å². The van der Waals surface area contributed by atoms with Gasteiger partial charge in [0.1, 0.15) is 11.5 Å². The maximum atomic E-state index is 14.0. The Bertz CT molecular complexity index is 2090. The molecule has 0 saturated carbocycles. The first-order valence-corrected chi connectivity index (χ1v) is 15.5. The number of benzene rings is 2. The number of esters is 2. The first kappa shape index (κ1) is 33.2. The Morgan fingerprint density at radius 3 is 2.53 bits per heavy atom. The summed E-state index contributed by atoms with van der Waals surface area (Å²) in [5.74, 6) is -0.997. The molecule has 0 saturated heterocycles. The molecule has 0 radical (unpaired) electrons. The van der Waals surface area contributed by atoms with E-state index in [9.17, 15) is 24.3 Å². The van der Waals surface area contributed by atoms with Gasteiger partial charge < -0.3 is 28.5 Å². The van der Waals surface area contributed by atoms with E-state index in [1.807, 2.05) is 0 Å². The summed E-state index contributed by atoms with van der Waals surface area (Å²) in [6.45, 7) is 5.20. The van der Waals surface area contributed by atoms with Crippen molar-refractivity contribution >= 4 is 46.9 Å². The van der Waals surface area contributed by atoms with E-state index in [0.717, 1.165) is 11.3 Å². The Labute approximate surface area is 276 Å². The van der Waals surface area contributed by atoms with Crippen LogP contribution in [-0.2, 0) is 19.1 Å². The van der Waals surface area contributed by atoms with Crippen LogP contribution in [0.2, 0.25) is 5.02 Å². The molecule has 0 unspecified atom stereocenters. The van der Waals surface area contributed by atoms with Gasteiger partial charge in [0.05, 0.1) is 52.8 Å². The molecule has 0 bridgehead atoms. The summed E-state index contributed by atoms with van der Waals surface area (Å²) in [5, 5.41) is 9.32. The summed E-state index contributed by atoms with van der Waals surface area (Å²) < 4.78 is 29.1. The molecule has 12 nitrogen and oxygen atoms in total. The van der Waals surface area contributed by atoms with Gasteiger partial charge in [0, 0.05) is 11.6 Å². The fourth-order valence-corrected chi connectivity index (χ4v) is 6.23. The normalized spacial score (nSPS) is 14.3. The highest BCUT2D eigenvalue weighted by atomic mass is 35.5. The number of aromatic nitrogens is 1. The number of aromatic carboxylic acids is 1. The van der Waals surface area contributed by atoms with Gasteiger partial charge in [0.25, 0.3) is 5.56 Å². The highest BCUT2D eigenvalue weighted by Crippen LogP contribution is 2.36. The van der Waals surface area contributed by atoms with Gasteiger partial charge in [0.2, 0.25) is 0 Å². The van der Waals surface area contributed by atoms with Gasteiger partial charge in [-0.2, -0.15) is 0 Å². The van der Waals surface area contributed by atoms with Crippen LogP contribution in [0.25, 0.3) is 17.4 Å². The van der Waals surface area contributed by atoms with Crippen molar-refractivity contribution in [1.82, 2.24) is 4.57 Å². The van der Waals surface area contributed by atoms with Crippen LogP contribution >= 0.6 is 22.9 Å². The quantitative estimate of drug-likeness (QED) is 0.226. The minimum atomic E-state index is -1.14. The zero-order valence-corrected chi connectivity index (χ0v) is 27.3. The molecule has 0 aliphatic carbocycles. The summed E-state index contributed by atoms with van der Waals surface area (Å²) in [7, 11) is 1.25. The molecule has 0 fully saturated rings. The fourth-order valence-electron chi connectivity index (χ4n) is 4.94. The van der Waals surface area contributed by atoms with Crippen LogP contribution in [0.5, 0.6) is 11.5 Å². The van der Waals surface area contributed by atoms with Crippen molar-refractivity contribution in [3.63, 3.8) is 0 Å². The van der Waals surface area contributed by atoms with Crippen molar-refractivity contribution in [2.45, 2.75) is 26.8 Å². The predicted molar refractivity (Wildman–Crippen MR) is 172 cm³/mol. The zero-order chi connectivity index (χ0) is 33.8. The molecule has 47 heavy (non-hydrogen) atoms. The van der Waals surface area contributed by atoms with Crippen molar-refractivity contribution in [3.05, 3.63) is 101 Å². The first-order valence-electron chi connectivity index (χ1n) is 14.3. The smallest absolute Gasteiger partial charge is 0.343 e. The average molecular weight is 681 g/mol. The van der Waals surface area contributed by atoms with Gasteiger partial charge in [-0.1, -0.05) is 35.1 Å². The monoisotopic (exact) mass is 680 g/mol. The van der Waals surface area contributed by atoms with Crippen molar-refractivity contribution < 1.29 is 42.9 Å². The van der Waals surface area contributed by atoms with Crippen LogP contribution in [-0.4, -0.2) is 54.5 Å². The highest BCUT2D eigenvalue weighted by Gasteiger charge is 2.34. The molecule has 1 atom stereocenters. The number of nitrogens with zero attached hydrogens (tertiary/aromatic N) is 2. The number of carboxylic acid groups (broad SMARTS) is 1. The molecule has 0 spiro atoms. The largest absolute Gasteiger partial charge is 0.490 e. The number of furan rings is 1. The van der Waals surface area contributed by atoms with Gasteiger partial charge in [-0.15, -0.1) is 0 Å². The summed E-state index contributed by atoms with van der Waals surface area (Å²) in [4.78, 5) is 55.3. The number of carboxylic acids is 1. The Hall–Kier alpha value is -5.14. The number of carbonyl (C=O) groups is 3. The van der Waals surface area contributed by atoms with Crippen LogP contribution in [0.15, 0.2) is 74.0 Å². The number of rotatable bonds is 11. The lowest BCUT2D eigenvalue weighted by Gasteiger charge is -2.25. The number of ether oxygens (including phenoxy) is 4. The van der Waals surface area contributed by atoms with Crippen LogP contribution in [0.1, 0.15) is 48.5 Å². The average Bonchev–Trinajstić information content (AvgIpc) is 3.63. The van der Waals surface area contributed by atoms with E-state index in [1.165, 1.54) is 23.8 Å². The number of fused-ring (bicyclic) bond motifs is 1. The van der Waals surface area contributed by atoms with Gasteiger partial charge in [-0.25, -0.2) is 19.4 Å². The van der Waals surface area contributed by atoms with Crippen molar-refractivity contribution in [2.24, 2.45) is 4.99 Å². The summed E-state index contributed by atoms with van der Waals surface area (Å²) in [5.41, 5.74) is 1.17. The molecule has 4 aromatic rings. The second kappa shape index (κ2) is 14.1. The van der Waals surface area contributed by atoms with E-state index in [1.54, 1.807) is 63.2 Å². The number of hydrogen-bond donors (Lipinski definition) is 1. The van der Waals surface area contributed by atoms with Crippen LogP contribution in [0.4, 0.5) is 0 Å². The lowest BCUT2D eigenvalue weighted by atomic mass is 9.95. The third-order valence-corrected chi connectivity index (χ3v) is 8.35. The van der Waals surface area contributed by atoms with E-state index < -0.39 is 29.5 Å². The Balaban J connectivity index is 1.60. The Morgan fingerprint density at radius 2 is 1.85 bits per heavy atom. The number of allylic oxidation sites excluding steroid dienone is 1. The molecular weight excluding hydrogens is 652 g/mol.